The van der Waals surface area contributed by atoms with E-state index in [1.807, 2.05) is 13.0 Å². The molecule has 0 spiro atoms. The fraction of sp³-hybridized carbons (Fsp3) is 0.200. The molecule has 4 nitrogen and oxygen atoms in total. The normalized spacial score (nSPS) is 13.7. The van der Waals surface area contributed by atoms with Gasteiger partial charge in [0, 0.05) is 5.56 Å². The number of aryl methyl sites for hydroxylation is 1. The Labute approximate surface area is 151 Å². The summed E-state index contributed by atoms with van der Waals surface area (Å²) >= 11 is 6.05. The van der Waals surface area contributed by atoms with Gasteiger partial charge in [-0.3, -0.25) is 0 Å². The third kappa shape index (κ3) is 3.30. The summed E-state index contributed by atoms with van der Waals surface area (Å²) in [4.78, 5) is 0. The van der Waals surface area contributed by atoms with Crippen LogP contribution < -0.4 is 4.74 Å². The Hall–Kier alpha value is -2.59. The number of halogens is 1. The Kier molecular flexibility index (Phi) is 4.06. The van der Waals surface area contributed by atoms with Crippen LogP contribution in [0.1, 0.15) is 29.9 Å². The highest BCUT2D eigenvalue weighted by Crippen LogP contribution is 2.46. The van der Waals surface area contributed by atoms with Crippen LogP contribution in [0, 0.1) is 6.92 Å². The lowest BCUT2D eigenvalue weighted by Crippen LogP contribution is -1.98. The van der Waals surface area contributed by atoms with Gasteiger partial charge >= 0.3 is 0 Å². The summed E-state index contributed by atoms with van der Waals surface area (Å²) in [6, 6.07) is 14.8. The van der Waals surface area contributed by atoms with Crippen LogP contribution in [0.15, 0.2) is 48.5 Å². The summed E-state index contributed by atoms with van der Waals surface area (Å²) in [6.07, 6.45) is 2.38. The minimum absolute atomic E-state index is 0.203. The Morgan fingerprint density at radius 2 is 1.84 bits per heavy atom. The number of para-hydroxylation sites is 1. The van der Waals surface area contributed by atoms with Gasteiger partial charge in [-0.25, -0.2) is 0 Å². The zero-order chi connectivity index (χ0) is 17.4. The van der Waals surface area contributed by atoms with E-state index in [0.29, 0.717) is 17.0 Å². The molecule has 0 atom stereocenters. The number of aromatic hydroxyl groups is 1. The van der Waals surface area contributed by atoms with Crippen LogP contribution in [0.3, 0.4) is 0 Å². The van der Waals surface area contributed by atoms with E-state index in [2.05, 4.69) is 22.3 Å². The minimum Gasteiger partial charge on any atom is -0.508 e. The lowest BCUT2D eigenvalue weighted by Gasteiger charge is -2.15. The molecule has 5 heteroatoms. The van der Waals surface area contributed by atoms with E-state index in [1.165, 1.54) is 18.4 Å². The SMILES string of the molecule is Cc1cccc(C2CC2)c1Oc1nnc(Cl)cc1-c1ccc(O)cc1. The molecule has 0 radical (unpaired) electrons. The van der Waals surface area contributed by atoms with Crippen LogP contribution in [-0.4, -0.2) is 15.3 Å². The molecule has 1 saturated carbocycles. The van der Waals surface area contributed by atoms with Crippen molar-refractivity contribution in [2.45, 2.75) is 25.7 Å². The van der Waals surface area contributed by atoms with Crippen molar-refractivity contribution in [1.82, 2.24) is 10.2 Å². The molecule has 25 heavy (non-hydrogen) atoms. The number of ether oxygens (including phenoxy) is 1. The Balaban J connectivity index is 1.78. The molecule has 2 aromatic carbocycles. The van der Waals surface area contributed by atoms with E-state index in [9.17, 15) is 5.11 Å². The molecular formula is C20H17ClN2O2. The number of benzene rings is 2. The van der Waals surface area contributed by atoms with Gasteiger partial charge in [0.15, 0.2) is 5.15 Å². The van der Waals surface area contributed by atoms with Crippen molar-refractivity contribution in [3.8, 4) is 28.5 Å². The molecule has 126 valence electrons. The van der Waals surface area contributed by atoms with Gasteiger partial charge in [0.05, 0.1) is 0 Å². The summed E-state index contributed by atoms with van der Waals surface area (Å²) in [5.41, 5.74) is 3.88. The lowest BCUT2D eigenvalue weighted by molar-refractivity contribution is 0.448. The van der Waals surface area contributed by atoms with Crippen molar-refractivity contribution in [3.05, 3.63) is 64.8 Å². The van der Waals surface area contributed by atoms with Crippen molar-refractivity contribution in [1.29, 1.82) is 0 Å². The first-order valence-corrected chi connectivity index (χ1v) is 8.59. The van der Waals surface area contributed by atoms with Gasteiger partial charge in [-0.15, -0.1) is 10.2 Å². The van der Waals surface area contributed by atoms with Gasteiger partial charge in [0.2, 0.25) is 5.88 Å². The highest BCUT2D eigenvalue weighted by atomic mass is 35.5. The molecule has 1 aromatic heterocycles. The van der Waals surface area contributed by atoms with Crippen molar-refractivity contribution in [2.75, 3.05) is 0 Å². The molecule has 0 unspecified atom stereocenters. The molecular weight excluding hydrogens is 336 g/mol. The van der Waals surface area contributed by atoms with Crippen LogP contribution in [0.25, 0.3) is 11.1 Å². The summed E-state index contributed by atoms with van der Waals surface area (Å²) in [5.74, 6) is 2.02. The Morgan fingerprint density at radius 1 is 1.08 bits per heavy atom. The fourth-order valence-electron chi connectivity index (χ4n) is 2.91. The number of nitrogens with zero attached hydrogens (tertiary/aromatic N) is 2. The smallest absolute Gasteiger partial charge is 0.246 e. The summed E-state index contributed by atoms with van der Waals surface area (Å²) in [5, 5.41) is 17.9. The number of aromatic nitrogens is 2. The largest absolute Gasteiger partial charge is 0.508 e. The van der Waals surface area contributed by atoms with Crippen LogP contribution in [0.4, 0.5) is 0 Å². The standard InChI is InChI=1S/C20H17ClN2O2/c1-12-3-2-4-16(13-5-6-13)19(12)25-20-17(11-18(21)22-23-20)14-7-9-15(24)10-8-14/h2-4,7-11,13,24H,5-6H2,1H3. The van der Waals surface area contributed by atoms with Gasteiger partial charge in [0.1, 0.15) is 11.5 Å². The number of hydrogen-bond donors (Lipinski definition) is 1. The van der Waals surface area contributed by atoms with E-state index in [1.54, 1.807) is 30.3 Å². The van der Waals surface area contributed by atoms with Crippen molar-refractivity contribution < 1.29 is 9.84 Å². The number of hydrogen-bond acceptors (Lipinski definition) is 4. The summed E-state index contributed by atoms with van der Waals surface area (Å²) in [6.45, 7) is 2.03. The third-order valence-corrected chi connectivity index (χ3v) is 4.55. The van der Waals surface area contributed by atoms with Crippen molar-refractivity contribution >= 4 is 11.6 Å². The monoisotopic (exact) mass is 352 g/mol. The van der Waals surface area contributed by atoms with Crippen LogP contribution in [0.2, 0.25) is 5.15 Å². The minimum atomic E-state index is 0.203. The Morgan fingerprint density at radius 3 is 2.56 bits per heavy atom. The van der Waals surface area contributed by atoms with Crippen LogP contribution >= 0.6 is 11.6 Å². The molecule has 4 rings (SSSR count). The maximum absolute atomic E-state index is 9.52. The molecule has 1 N–H and O–H groups in total. The van der Waals surface area contributed by atoms with E-state index < -0.39 is 0 Å². The molecule has 0 aliphatic heterocycles. The predicted molar refractivity (Wildman–Crippen MR) is 97.4 cm³/mol. The molecule has 0 saturated heterocycles. The highest BCUT2D eigenvalue weighted by molar-refractivity contribution is 6.29. The number of phenols is 1. The Bertz CT molecular complexity index is 921. The molecule has 3 aromatic rings. The zero-order valence-electron chi connectivity index (χ0n) is 13.7. The van der Waals surface area contributed by atoms with Crippen LogP contribution in [0.5, 0.6) is 17.4 Å². The predicted octanol–water partition coefficient (Wildman–Crippen LogP) is 5.48. The average Bonchev–Trinajstić information content (AvgIpc) is 3.44. The fourth-order valence-corrected chi connectivity index (χ4v) is 3.05. The van der Waals surface area contributed by atoms with Crippen molar-refractivity contribution in [2.24, 2.45) is 0 Å². The van der Waals surface area contributed by atoms with Gasteiger partial charge in [-0.05, 0) is 60.6 Å². The second-order valence-corrected chi connectivity index (χ2v) is 6.69. The summed E-state index contributed by atoms with van der Waals surface area (Å²) in [7, 11) is 0. The van der Waals surface area contributed by atoms with Gasteiger partial charge < -0.3 is 9.84 Å². The second kappa shape index (κ2) is 6.37. The van der Waals surface area contributed by atoms with E-state index in [0.717, 1.165) is 22.4 Å². The molecule has 1 fully saturated rings. The van der Waals surface area contributed by atoms with E-state index >= 15 is 0 Å². The maximum Gasteiger partial charge on any atom is 0.246 e. The first kappa shape index (κ1) is 15.9. The summed E-state index contributed by atoms with van der Waals surface area (Å²) < 4.78 is 6.22. The first-order chi connectivity index (χ1) is 12.1. The number of rotatable bonds is 4. The van der Waals surface area contributed by atoms with E-state index in [4.69, 9.17) is 16.3 Å². The molecule has 1 aliphatic carbocycles. The van der Waals surface area contributed by atoms with E-state index in [-0.39, 0.29) is 5.75 Å². The molecule has 0 amide bonds. The van der Waals surface area contributed by atoms with Gasteiger partial charge in [-0.2, -0.15) is 0 Å². The molecule has 1 heterocycles. The zero-order valence-corrected chi connectivity index (χ0v) is 14.5. The number of phenolic OH excluding ortho intramolecular Hbond substituents is 1. The average molecular weight is 353 g/mol. The van der Waals surface area contributed by atoms with Gasteiger partial charge in [0.25, 0.3) is 0 Å². The molecule has 1 aliphatic rings. The second-order valence-electron chi connectivity index (χ2n) is 6.30. The topological polar surface area (TPSA) is 55.2 Å². The highest BCUT2D eigenvalue weighted by Gasteiger charge is 2.28. The third-order valence-electron chi connectivity index (χ3n) is 4.37. The lowest BCUT2D eigenvalue weighted by atomic mass is 10.1. The molecule has 0 bridgehead atoms. The maximum atomic E-state index is 9.52. The van der Waals surface area contributed by atoms with Crippen molar-refractivity contribution in [3.63, 3.8) is 0 Å². The first-order valence-electron chi connectivity index (χ1n) is 8.22. The van der Waals surface area contributed by atoms with Gasteiger partial charge in [-0.1, -0.05) is 41.9 Å². The van der Waals surface area contributed by atoms with Crippen LogP contribution in [-0.2, 0) is 0 Å². The quantitative estimate of drug-likeness (QED) is 0.675.